The average Bonchev–Trinajstić information content (AvgIpc) is 3.01. The lowest BCUT2D eigenvalue weighted by Crippen LogP contribution is -2.45. The number of amides is 1. The summed E-state index contributed by atoms with van der Waals surface area (Å²) in [6.07, 6.45) is 0.398. The number of hydrogen-bond donors (Lipinski definition) is 2. The van der Waals surface area contributed by atoms with Crippen LogP contribution in [0.5, 0.6) is 0 Å². The van der Waals surface area contributed by atoms with Gasteiger partial charge in [0.2, 0.25) is 5.91 Å². The van der Waals surface area contributed by atoms with Crippen LogP contribution in [-0.2, 0) is 20.7 Å². The second-order valence-corrected chi connectivity index (χ2v) is 5.05. The summed E-state index contributed by atoms with van der Waals surface area (Å²) in [5, 5.41) is 22.6. The van der Waals surface area contributed by atoms with E-state index < -0.39 is 22.8 Å². The first kappa shape index (κ1) is 15.9. The van der Waals surface area contributed by atoms with Crippen LogP contribution in [0, 0.1) is 16.0 Å². The van der Waals surface area contributed by atoms with Crippen LogP contribution in [0.15, 0.2) is 24.3 Å². The summed E-state index contributed by atoms with van der Waals surface area (Å²) in [5.74, 6) is -2.00. The van der Waals surface area contributed by atoms with Crippen LogP contribution in [0.4, 0.5) is 5.69 Å². The quantitative estimate of drug-likeness (QED) is 0.591. The standard InChI is InChI=1S/C14H16N2O6/c17-13(10-5-6-22-8-10)15-11(14(18)19)7-9-3-1-2-4-12(9)16(20)21/h1-4,10-11H,5-8H2,(H,15,17)(H,18,19)/t10-,11-/m1/s1. The third-order valence-corrected chi connectivity index (χ3v) is 3.53. The molecule has 1 heterocycles. The summed E-state index contributed by atoms with van der Waals surface area (Å²) in [6.45, 7) is 0.740. The van der Waals surface area contributed by atoms with Gasteiger partial charge in [-0.25, -0.2) is 4.79 Å². The van der Waals surface area contributed by atoms with E-state index in [1.165, 1.54) is 18.2 Å². The van der Waals surface area contributed by atoms with E-state index in [0.717, 1.165) is 0 Å². The molecule has 8 nitrogen and oxygen atoms in total. The maximum Gasteiger partial charge on any atom is 0.326 e. The minimum Gasteiger partial charge on any atom is -0.480 e. The van der Waals surface area contributed by atoms with Gasteiger partial charge < -0.3 is 15.2 Å². The zero-order valence-corrected chi connectivity index (χ0v) is 11.7. The molecule has 8 heteroatoms. The van der Waals surface area contributed by atoms with Gasteiger partial charge in [0, 0.05) is 24.7 Å². The SMILES string of the molecule is O=C(N[C@H](Cc1ccccc1[N+](=O)[O-])C(=O)O)[C@@H]1CCOC1. The van der Waals surface area contributed by atoms with Gasteiger partial charge in [-0.1, -0.05) is 18.2 Å². The van der Waals surface area contributed by atoms with E-state index in [-0.39, 0.29) is 30.2 Å². The number of carboxylic acids is 1. The van der Waals surface area contributed by atoms with E-state index >= 15 is 0 Å². The summed E-state index contributed by atoms with van der Waals surface area (Å²) < 4.78 is 5.09. The number of ether oxygens (including phenoxy) is 1. The Morgan fingerprint density at radius 1 is 1.45 bits per heavy atom. The van der Waals surface area contributed by atoms with Crippen LogP contribution in [0.2, 0.25) is 0 Å². The highest BCUT2D eigenvalue weighted by molar-refractivity contribution is 5.85. The Labute approximate surface area is 126 Å². The molecule has 0 saturated carbocycles. The van der Waals surface area contributed by atoms with Crippen LogP contribution in [-0.4, -0.2) is 41.2 Å². The van der Waals surface area contributed by atoms with Crippen LogP contribution in [0.25, 0.3) is 0 Å². The van der Waals surface area contributed by atoms with Gasteiger partial charge in [-0.15, -0.1) is 0 Å². The molecule has 0 radical (unpaired) electrons. The number of nitrogens with one attached hydrogen (secondary N) is 1. The summed E-state index contributed by atoms with van der Waals surface area (Å²) in [4.78, 5) is 33.7. The predicted molar refractivity (Wildman–Crippen MR) is 75.3 cm³/mol. The molecule has 0 spiro atoms. The van der Waals surface area contributed by atoms with Gasteiger partial charge in [0.25, 0.3) is 5.69 Å². The highest BCUT2D eigenvalue weighted by Gasteiger charge is 2.29. The van der Waals surface area contributed by atoms with Gasteiger partial charge in [-0.3, -0.25) is 14.9 Å². The molecule has 1 aliphatic heterocycles. The van der Waals surface area contributed by atoms with Crippen LogP contribution in [0.3, 0.4) is 0 Å². The fourth-order valence-electron chi connectivity index (χ4n) is 2.31. The van der Waals surface area contributed by atoms with Crippen LogP contribution >= 0.6 is 0 Å². The Bertz CT molecular complexity index is 582. The smallest absolute Gasteiger partial charge is 0.326 e. The van der Waals surface area contributed by atoms with Crippen molar-refractivity contribution in [1.29, 1.82) is 0 Å². The fraction of sp³-hybridized carbons (Fsp3) is 0.429. The molecular weight excluding hydrogens is 292 g/mol. The summed E-state index contributed by atoms with van der Waals surface area (Å²) in [5.41, 5.74) is 0.107. The second kappa shape index (κ2) is 6.99. The lowest BCUT2D eigenvalue weighted by molar-refractivity contribution is -0.385. The van der Waals surface area contributed by atoms with Crippen LogP contribution in [0.1, 0.15) is 12.0 Å². The van der Waals surface area contributed by atoms with Gasteiger partial charge in [0.1, 0.15) is 6.04 Å². The maximum atomic E-state index is 12.0. The van der Waals surface area contributed by atoms with Gasteiger partial charge in [0.15, 0.2) is 0 Å². The number of carbonyl (C=O) groups excluding carboxylic acids is 1. The molecule has 118 valence electrons. The Morgan fingerprint density at radius 2 is 2.18 bits per heavy atom. The Morgan fingerprint density at radius 3 is 2.77 bits per heavy atom. The molecule has 22 heavy (non-hydrogen) atoms. The van der Waals surface area contributed by atoms with Crippen molar-refractivity contribution in [3.63, 3.8) is 0 Å². The Hall–Kier alpha value is -2.48. The first-order valence-electron chi connectivity index (χ1n) is 6.82. The molecule has 2 rings (SSSR count). The summed E-state index contributed by atoms with van der Waals surface area (Å²) in [6, 6.07) is 4.67. The highest BCUT2D eigenvalue weighted by atomic mass is 16.6. The molecule has 0 aromatic heterocycles. The zero-order valence-electron chi connectivity index (χ0n) is 11.7. The molecule has 1 aromatic rings. The molecule has 0 unspecified atom stereocenters. The Balaban J connectivity index is 2.10. The second-order valence-electron chi connectivity index (χ2n) is 5.05. The number of nitrogens with zero attached hydrogens (tertiary/aromatic N) is 1. The number of rotatable bonds is 6. The molecule has 0 bridgehead atoms. The van der Waals surface area contributed by atoms with Crippen molar-refractivity contribution in [2.75, 3.05) is 13.2 Å². The lowest BCUT2D eigenvalue weighted by atomic mass is 10.0. The summed E-state index contributed by atoms with van der Waals surface area (Å²) >= 11 is 0. The molecule has 1 fully saturated rings. The number of aliphatic carboxylic acids is 1. The fourth-order valence-corrected chi connectivity index (χ4v) is 2.31. The summed E-state index contributed by atoms with van der Waals surface area (Å²) in [7, 11) is 0. The number of carboxylic acid groups (broad SMARTS) is 1. The highest BCUT2D eigenvalue weighted by Crippen LogP contribution is 2.20. The average molecular weight is 308 g/mol. The zero-order chi connectivity index (χ0) is 16.1. The van der Waals surface area contributed by atoms with E-state index in [1.54, 1.807) is 6.07 Å². The van der Waals surface area contributed by atoms with Crippen molar-refractivity contribution in [3.05, 3.63) is 39.9 Å². The molecule has 1 saturated heterocycles. The molecule has 2 atom stereocenters. The van der Waals surface area contributed by atoms with E-state index in [4.69, 9.17) is 4.74 Å². The van der Waals surface area contributed by atoms with E-state index in [2.05, 4.69) is 5.32 Å². The monoisotopic (exact) mass is 308 g/mol. The first-order valence-corrected chi connectivity index (χ1v) is 6.82. The van der Waals surface area contributed by atoms with E-state index in [0.29, 0.717) is 13.0 Å². The number of carbonyl (C=O) groups is 2. The molecule has 1 aromatic carbocycles. The van der Waals surface area contributed by atoms with Gasteiger partial charge in [0.05, 0.1) is 17.4 Å². The van der Waals surface area contributed by atoms with Crippen LogP contribution < -0.4 is 5.32 Å². The number of para-hydroxylation sites is 1. The van der Waals surface area contributed by atoms with Gasteiger partial charge in [-0.05, 0) is 6.42 Å². The van der Waals surface area contributed by atoms with Gasteiger partial charge >= 0.3 is 5.97 Å². The Kier molecular flexibility index (Phi) is 5.05. The lowest BCUT2D eigenvalue weighted by Gasteiger charge is -2.16. The normalized spacial score (nSPS) is 18.6. The van der Waals surface area contributed by atoms with Crippen molar-refractivity contribution in [1.82, 2.24) is 5.32 Å². The largest absolute Gasteiger partial charge is 0.480 e. The minimum absolute atomic E-state index is 0.147. The molecule has 2 N–H and O–H groups in total. The van der Waals surface area contributed by atoms with E-state index in [9.17, 15) is 24.8 Å². The number of benzene rings is 1. The van der Waals surface area contributed by atoms with Crippen molar-refractivity contribution in [2.45, 2.75) is 18.9 Å². The number of hydrogen-bond acceptors (Lipinski definition) is 5. The number of nitro benzene ring substituents is 1. The van der Waals surface area contributed by atoms with Crippen molar-refractivity contribution in [2.24, 2.45) is 5.92 Å². The third kappa shape index (κ3) is 3.79. The minimum atomic E-state index is -1.23. The number of nitro groups is 1. The topological polar surface area (TPSA) is 119 Å². The molecule has 0 aliphatic carbocycles. The molecular formula is C14H16N2O6. The van der Waals surface area contributed by atoms with Gasteiger partial charge in [-0.2, -0.15) is 0 Å². The maximum absolute atomic E-state index is 12.0. The molecule has 1 amide bonds. The third-order valence-electron chi connectivity index (χ3n) is 3.53. The first-order chi connectivity index (χ1) is 10.5. The predicted octanol–water partition coefficient (Wildman–Crippen LogP) is 0.743. The molecule has 1 aliphatic rings. The van der Waals surface area contributed by atoms with Crippen molar-refractivity contribution in [3.8, 4) is 0 Å². The van der Waals surface area contributed by atoms with E-state index in [1.807, 2.05) is 0 Å². The van der Waals surface area contributed by atoms with Crippen molar-refractivity contribution >= 4 is 17.6 Å². The van der Waals surface area contributed by atoms with Crippen molar-refractivity contribution < 1.29 is 24.4 Å².